The molecular weight excluding hydrogens is 260 g/mol. The van der Waals surface area contributed by atoms with Gasteiger partial charge in [-0.2, -0.15) is 0 Å². The van der Waals surface area contributed by atoms with Crippen LogP contribution in [0.3, 0.4) is 0 Å². The largest absolute Gasteiger partial charge is 0.443 e. The van der Waals surface area contributed by atoms with Gasteiger partial charge in [-0.3, -0.25) is 4.98 Å². The van der Waals surface area contributed by atoms with Crippen molar-refractivity contribution in [3.05, 3.63) is 30.1 Å². The molecule has 0 aliphatic carbocycles. The summed E-state index contributed by atoms with van der Waals surface area (Å²) in [5, 5.41) is 0.683. The van der Waals surface area contributed by atoms with Crippen molar-refractivity contribution in [2.45, 2.75) is 12.6 Å². The summed E-state index contributed by atoms with van der Waals surface area (Å²) < 4.78 is 5.12. The minimum Gasteiger partial charge on any atom is -0.443 e. The van der Waals surface area contributed by atoms with E-state index in [9.17, 15) is 4.79 Å². The van der Waals surface area contributed by atoms with Gasteiger partial charge in [0.2, 0.25) is 0 Å². The number of ether oxygens (including phenoxy) is 1. The number of carbonyl (C=O) groups is 1. The van der Waals surface area contributed by atoms with E-state index in [0.29, 0.717) is 18.4 Å². The van der Waals surface area contributed by atoms with Crippen molar-refractivity contribution < 1.29 is 9.53 Å². The first-order valence-electron chi connectivity index (χ1n) is 4.70. The normalized spacial score (nSPS) is 20.5. The van der Waals surface area contributed by atoms with E-state index in [1.165, 1.54) is 0 Å². The fraction of sp³-hybridized carbons (Fsp3) is 0.400. The van der Waals surface area contributed by atoms with Gasteiger partial charge in [-0.1, -0.05) is 22.0 Å². The van der Waals surface area contributed by atoms with Crippen molar-refractivity contribution in [3.8, 4) is 0 Å². The van der Waals surface area contributed by atoms with E-state index >= 15 is 0 Å². The number of amides is 1. The molecule has 80 valence electrons. The van der Waals surface area contributed by atoms with Gasteiger partial charge in [-0.15, -0.1) is 0 Å². The number of aromatic nitrogens is 1. The fourth-order valence-corrected chi connectivity index (χ4v) is 1.83. The number of cyclic esters (lactones) is 1. The summed E-state index contributed by atoms with van der Waals surface area (Å²) in [5.41, 5.74) is 1.02. The molecule has 0 spiro atoms. The monoisotopic (exact) mass is 270 g/mol. The molecule has 1 saturated heterocycles. The van der Waals surface area contributed by atoms with Gasteiger partial charge in [0.25, 0.3) is 0 Å². The van der Waals surface area contributed by atoms with Gasteiger partial charge < -0.3 is 9.64 Å². The van der Waals surface area contributed by atoms with Gasteiger partial charge in [-0.25, -0.2) is 4.79 Å². The van der Waals surface area contributed by atoms with Crippen molar-refractivity contribution in [1.29, 1.82) is 0 Å². The fourth-order valence-electron chi connectivity index (χ4n) is 1.50. The first-order valence-corrected chi connectivity index (χ1v) is 5.82. The number of halogens is 1. The van der Waals surface area contributed by atoms with Gasteiger partial charge in [0.15, 0.2) is 0 Å². The number of carbonyl (C=O) groups excluding carboxylic acids is 1. The van der Waals surface area contributed by atoms with Gasteiger partial charge >= 0.3 is 6.09 Å². The molecular formula is C10H11BrN2O2. The molecule has 0 aromatic carbocycles. The van der Waals surface area contributed by atoms with E-state index in [4.69, 9.17) is 4.74 Å². The number of pyridine rings is 1. The molecule has 0 N–H and O–H groups in total. The molecule has 2 rings (SSSR count). The van der Waals surface area contributed by atoms with Crippen molar-refractivity contribution in [1.82, 2.24) is 9.88 Å². The molecule has 5 heteroatoms. The van der Waals surface area contributed by atoms with Gasteiger partial charge in [0.1, 0.15) is 6.10 Å². The van der Waals surface area contributed by atoms with E-state index in [1.54, 1.807) is 17.3 Å². The minimum absolute atomic E-state index is 0.0332. The maximum atomic E-state index is 11.4. The quantitative estimate of drug-likeness (QED) is 0.787. The van der Waals surface area contributed by atoms with Crippen LogP contribution in [-0.2, 0) is 11.3 Å². The van der Waals surface area contributed by atoms with Crippen LogP contribution in [0.5, 0.6) is 0 Å². The third-order valence-corrected chi connectivity index (χ3v) is 2.94. The molecule has 0 bridgehead atoms. The predicted octanol–water partition coefficient (Wildman–Crippen LogP) is 1.80. The van der Waals surface area contributed by atoms with Crippen molar-refractivity contribution in [2.75, 3.05) is 11.9 Å². The molecule has 2 heterocycles. The Balaban J connectivity index is 1.99. The van der Waals surface area contributed by atoms with Crippen LogP contribution in [0.15, 0.2) is 24.5 Å². The zero-order valence-corrected chi connectivity index (χ0v) is 9.68. The highest BCUT2D eigenvalue weighted by molar-refractivity contribution is 9.09. The highest BCUT2D eigenvalue weighted by Crippen LogP contribution is 2.15. The second kappa shape index (κ2) is 4.61. The van der Waals surface area contributed by atoms with Crippen LogP contribution >= 0.6 is 15.9 Å². The lowest BCUT2D eigenvalue weighted by Gasteiger charge is -2.11. The highest BCUT2D eigenvalue weighted by atomic mass is 79.9. The lowest BCUT2D eigenvalue weighted by atomic mass is 10.2. The standard InChI is InChI=1S/C10H11BrN2O2/c11-4-9-7-13(10(14)15-9)6-8-2-1-3-12-5-8/h1-3,5,9H,4,6-7H2. The van der Waals surface area contributed by atoms with Crippen LogP contribution < -0.4 is 0 Å². The Bertz CT molecular complexity index is 345. The third-order valence-electron chi connectivity index (χ3n) is 2.22. The highest BCUT2D eigenvalue weighted by Gasteiger charge is 2.30. The maximum absolute atomic E-state index is 11.4. The van der Waals surface area contributed by atoms with Crippen molar-refractivity contribution >= 4 is 22.0 Å². The zero-order valence-electron chi connectivity index (χ0n) is 8.10. The third kappa shape index (κ3) is 2.47. The lowest BCUT2D eigenvalue weighted by Crippen LogP contribution is -2.24. The number of hydrogen-bond acceptors (Lipinski definition) is 3. The summed E-state index contributed by atoms with van der Waals surface area (Å²) in [6.07, 6.45) is 3.19. The smallest absolute Gasteiger partial charge is 0.410 e. The summed E-state index contributed by atoms with van der Waals surface area (Å²) in [6, 6.07) is 3.81. The van der Waals surface area contributed by atoms with Gasteiger partial charge in [-0.05, 0) is 11.6 Å². The Morgan fingerprint density at radius 1 is 1.67 bits per heavy atom. The Labute approximate surface area is 96.4 Å². The SMILES string of the molecule is O=C1OC(CBr)CN1Cc1cccnc1. The average molecular weight is 271 g/mol. The Morgan fingerprint density at radius 3 is 3.13 bits per heavy atom. The molecule has 1 amide bonds. The predicted molar refractivity (Wildman–Crippen MR) is 58.7 cm³/mol. The van der Waals surface area contributed by atoms with E-state index in [0.717, 1.165) is 5.56 Å². The van der Waals surface area contributed by atoms with Crippen LogP contribution in [0, 0.1) is 0 Å². The molecule has 1 unspecified atom stereocenters. The topological polar surface area (TPSA) is 42.4 Å². The second-order valence-corrected chi connectivity index (χ2v) is 4.05. The van der Waals surface area contributed by atoms with Gasteiger partial charge in [0.05, 0.1) is 13.1 Å². The molecule has 1 atom stereocenters. The zero-order chi connectivity index (χ0) is 10.7. The van der Waals surface area contributed by atoms with Crippen LogP contribution in [-0.4, -0.2) is 34.0 Å². The summed E-state index contributed by atoms with van der Waals surface area (Å²) >= 11 is 3.30. The summed E-state index contributed by atoms with van der Waals surface area (Å²) in [4.78, 5) is 17.1. The number of hydrogen-bond donors (Lipinski definition) is 0. The second-order valence-electron chi connectivity index (χ2n) is 3.40. The van der Waals surface area contributed by atoms with Crippen LogP contribution in [0.1, 0.15) is 5.56 Å². The molecule has 0 radical (unpaired) electrons. The van der Waals surface area contributed by atoms with E-state index in [1.807, 2.05) is 12.1 Å². The minimum atomic E-state index is -0.247. The van der Waals surface area contributed by atoms with Crippen molar-refractivity contribution in [3.63, 3.8) is 0 Å². The van der Waals surface area contributed by atoms with Crippen molar-refractivity contribution in [2.24, 2.45) is 0 Å². The number of nitrogens with zero attached hydrogens (tertiary/aromatic N) is 2. The molecule has 1 aliphatic heterocycles. The molecule has 1 aromatic rings. The average Bonchev–Trinajstić information content (AvgIpc) is 2.61. The maximum Gasteiger partial charge on any atom is 0.410 e. The Morgan fingerprint density at radius 2 is 2.53 bits per heavy atom. The van der Waals surface area contributed by atoms with Gasteiger partial charge in [0, 0.05) is 17.7 Å². The molecule has 4 nitrogen and oxygen atoms in total. The lowest BCUT2D eigenvalue weighted by molar-refractivity contribution is 0.139. The van der Waals surface area contributed by atoms with E-state index in [-0.39, 0.29) is 12.2 Å². The van der Waals surface area contributed by atoms with Crippen LogP contribution in [0.25, 0.3) is 0 Å². The summed E-state index contributed by atoms with van der Waals surface area (Å²) in [7, 11) is 0. The van der Waals surface area contributed by atoms with Crippen LogP contribution in [0.4, 0.5) is 4.79 Å². The molecule has 1 aliphatic rings. The van der Waals surface area contributed by atoms with E-state index < -0.39 is 0 Å². The summed E-state index contributed by atoms with van der Waals surface area (Å²) in [5.74, 6) is 0. The molecule has 0 saturated carbocycles. The first-order chi connectivity index (χ1) is 7.29. The summed E-state index contributed by atoms with van der Waals surface area (Å²) in [6.45, 7) is 1.20. The molecule has 15 heavy (non-hydrogen) atoms. The molecule has 1 aromatic heterocycles. The number of alkyl halides is 1. The Hall–Kier alpha value is -1.10. The Kier molecular flexibility index (Phi) is 3.20. The molecule has 1 fully saturated rings. The number of rotatable bonds is 3. The van der Waals surface area contributed by atoms with Crippen LogP contribution in [0.2, 0.25) is 0 Å². The first kappa shape index (κ1) is 10.4. The van der Waals surface area contributed by atoms with E-state index in [2.05, 4.69) is 20.9 Å².